The summed E-state index contributed by atoms with van der Waals surface area (Å²) in [7, 11) is 0. The first-order chi connectivity index (χ1) is 15.0. The second kappa shape index (κ2) is 8.78. The van der Waals surface area contributed by atoms with Crippen molar-refractivity contribution in [2.45, 2.75) is 26.2 Å². The van der Waals surface area contributed by atoms with Gasteiger partial charge in [-0.3, -0.25) is 20.2 Å². The number of anilines is 2. The summed E-state index contributed by atoms with van der Waals surface area (Å²) in [6.45, 7) is 2.13. The Kier molecular flexibility index (Phi) is 5.92. The highest BCUT2D eigenvalue weighted by Gasteiger charge is 2.19. The van der Waals surface area contributed by atoms with E-state index in [1.807, 2.05) is 12.1 Å². The standard InChI is InChI=1S/C21H19N5O3S2/c1-2-3-6-13-8-9-15-17(22)18(31-20(15)23-13)19(27)25-21-24-16(11-30-21)12-5-4-7-14(10-12)26(28)29/h4-5,7-11H,2-3,6,22H2,1H3,(H,24,25,27). The quantitative estimate of drug-likeness (QED) is 0.281. The predicted molar refractivity (Wildman–Crippen MR) is 125 cm³/mol. The van der Waals surface area contributed by atoms with Crippen molar-refractivity contribution in [2.24, 2.45) is 0 Å². The Morgan fingerprint density at radius 2 is 2.10 bits per heavy atom. The molecule has 0 aliphatic carbocycles. The lowest BCUT2D eigenvalue weighted by Crippen LogP contribution is -2.11. The molecule has 0 fully saturated rings. The number of aryl methyl sites for hydroxylation is 1. The monoisotopic (exact) mass is 453 g/mol. The van der Waals surface area contributed by atoms with E-state index < -0.39 is 4.92 Å². The average molecular weight is 454 g/mol. The number of pyridine rings is 1. The van der Waals surface area contributed by atoms with Gasteiger partial charge < -0.3 is 5.73 Å². The van der Waals surface area contributed by atoms with Crippen LogP contribution < -0.4 is 11.1 Å². The Morgan fingerprint density at radius 1 is 1.26 bits per heavy atom. The molecule has 0 aliphatic heterocycles. The number of unbranched alkanes of at least 4 members (excludes halogenated alkanes) is 1. The van der Waals surface area contributed by atoms with Crippen molar-refractivity contribution in [2.75, 3.05) is 11.1 Å². The molecule has 8 nitrogen and oxygen atoms in total. The van der Waals surface area contributed by atoms with Crippen molar-refractivity contribution in [1.82, 2.24) is 9.97 Å². The Hall–Kier alpha value is -3.37. The summed E-state index contributed by atoms with van der Waals surface area (Å²) in [5.74, 6) is -0.351. The number of thiophene rings is 1. The molecule has 0 spiro atoms. The number of carbonyl (C=O) groups excluding carboxylic acids is 1. The maximum absolute atomic E-state index is 12.8. The van der Waals surface area contributed by atoms with Crippen molar-refractivity contribution in [3.63, 3.8) is 0 Å². The summed E-state index contributed by atoms with van der Waals surface area (Å²) >= 11 is 2.50. The van der Waals surface area contributed by atoms with E-state index >= 15 is 0 Å². The maximum atomic E-state index is 12.8. The SMILES string of the molecule is CCCCc1ccc2c(N)c(C(=O)Nc3nc(-c4cccc([N+](=O)[O-])c4)cs3)sc2n1. The lowest BCUT2D eigenvalue weighted by atomic mass is 10.1. The summed E-state index contributed by atoms with van der Waals surface area (Å²) in [4.78, 5) is 33.5. The van der Waals surface area contributed by atoms with E-state index in [-0.39, 0.29) is 11.6 Å². The largest absolute Gasteiger partial charge is 0.397 e. The number of nitrogens with two attached hydrogens (primary N) is 1. The molecule has 1 amide bonds. The van der Waals surface area contributed by atoms with Crippen molar-refractivity contribution in [3.8, 4) is 11.3 Å². The molecular weight excluding hydrogens is 434 g/mol. The van der Waals surface area contributed by atoms with Crippen LogP contribution in [0.2, 0.25) is 0 Å². The number of thiazole rings is 1. The molecule has 0 saturated heterocycles. The number of rotatable bonds is 7. The van der Waals surface area contributed by atoms with Gasteiger partial charge in [0, 0.05) is 34.2 Å². The molecule has 0 atom stereocenters. The van der Waals surface area contributed by atoms with Crippen LogP contribution in [0.15, 0.2) is 41.8 Å². The van der Waals surface area contributed by atoms with Gasteiger partial charge in [-0.25, -0.2) is 9.97 Å². The van der Waals surface area contributed by atoms with E-state index in [9.17, 15) is 14.9 Å². The van der Waals surface area contributed by atoms with Gasteiger partial charge in [0.15, 0.2) is 5.13 Å². The van der Waals surface area contributed by atoms with Gasteiger partial charge in [-0.2, -0.15) is 0 Å². The molecule has 4 aromatic rings. The highest BCUT2D eigenvalue weighted by atomic mass is 32.1. The summed E-state index contributed by atoms with van der Waals surface area (Å²) < 4.78 is 0. The first-order valence-corrected chi connectivity index (χ1v) is 11.4. The molecule has 3 N–H and O–H groups in total. The van der Waals surface area contributed by atoms with Gasteiger partial charge >= 0.3 is 0 Å². The van der Waals surface area contributed by atoms with Crippen molar-refractivity contribution >= 4 is 55.3 Å². The molecule has 158 valence electrons. The van der Waals surface area contributed by atoms with Crippen LogP contribution in [0.3, 0.4) is 0 Å². The van der Waals surface area contributed by atoms with Crippen molar-refractivity contribution in [3.05, 3.63) is 62.5 Å². The van der Waals surface area contributed by atoms with Gasteiger partial charge in [-0.15, -0.1) is 22.7 Å². The van der Waals surface area contributed by atoms with Gasteiger partial charge in [0.1, 0.15) is 9.71 Å². The van der Waals surface area contributed by atoms with E-state index in [0.717, 1.165) is 35.2 Å². The zero-order valence-corrected chi connectivity index (χ0v) is 18.3. The molecule has 1 aromatic carbocycles. The van der Waals surface area contributed by atoms with Gasteiger partial charge in [0.25, 0.3) is 11.6 Å². The highest BCUT2D eigenvalue weighted by Crippen LogP contribution is 2.34. The van der Waals surface area contributed by atoms with E-state index in [0.29, 0.717) is 27.0 Å². The van der Waals surface area contributed by atoms with Gasteiger partial charge in [-0.1, -0.05) is 25.5 Å². The molecule has 10 heteroatoms. The van der Waals surface area contributed by atoms with Crippen LogP contribution in [0.4, 0.5) is 16.5 Å². The third-order valence-corrected chi connectivity index (χ3v) is 6.59. The number of amides is 1. The number of carbonyl (C=O) groups is 1. The third-order valence-electron chi connectivity index (χ3n) is 4.72. The molecule has 3 aromatic heterocycles. The molecule has 0 unspecified atom stereocenters. The smallest absolute Gasteiger partial charge is 0.270 e. The van der Waals surface area contributed by atoms with Crippen LogP contribution in [0.1, 0.15) is 35.1 Å². The van der Waals surface area contributed by atoms with E-state index in [4.69, 9.17) is 5.73 Å². The molecule has 0 radical (unpaired) electrons. The van der Waals surface area contributed by atoms with Crippen LogP contribution in [0.5, 0.6) is 0 Å². The number of nitrogens with one attached hydrogen (secondary N) is 1. The second-order valence-corrected chi connectivity index (χ2v) is 8.76. The number of nitrogen functional groups attached to an aromatic ring is 1. The summed E-state index contributed by atoms with van der Waals surface area (Å²) in [6.07, 6.45) is 3.04. The zero-order valence-electron chi connectivity index (χ0n) is 16.6. The number of fused-ring (bicyclic) bond motifs is 1. The molecule has 0 saturated carbocycles. The highest BCUT2D eigenvalue weighted by molar-refractivity contribution is 7.21. The van der Waals surface area contributed by atoms with E-state index in [1.165, 1.54) is 34.8 Å². The normalized spacial score (nSPS) is 11.0. The Morgan fingerprint density at radius 3 is 2.87 bits per heavy atom. The minimum Gasteiger partial charge on any atom is -0.397 e. The van der Waals surface area contributed by atoms with E-state index in [1.54, 1.807) is 17.5 Å². The van der Waals surface area contributed by atoms with Crippen LogP contribution in [0.25, 0.3) is 21.5 Å². The van der Waals surface area contributed by atoms with E-state index in [2.05, 4.69) is 22.2 Å². The molecule has 4 rings (SSSR count). The number of non-ortho nitro benzene ring substituents is 1. The number of nitrogens with zero attached hydrogens (tertiary/aromatic N) is 3. The molecule has 31 heavy (non-hydrogen) atoms. The fourth-order valence-electron chi connectivity index (χ4n) is 3.10. The topological polar surface area (TPSA) is 124 Å². The van der Waals surface area contributed by atoms with Crippen molar-refractivity contribution < 1.29 is 9.72 Å². The van der Waals surface area contributed by atoms with Crippen LogP contribution >= 0.6 is 22.7 Å². The first-order valence-electron chi connectivity index (χ1n) is 9.66. The number of benzene rings is 1. The minimum atomic E-state index is -0.454. The fourth-order valence-corrected chi connectivity index (χ4v) is 4.82. The second-order valence-electron chi connectivity index (χ2n) is 6.90. The summed E-state index contributed by atoms with van der Waals surface area (Å²) in [5.41, 5.74) is 8.75. The Bertz CT molecular complexity index is 1280. The number of nitro benzene ring substituents is 1. The molecule has 0 bridgehead atoms. The van der Waals surface area contributed by atoms with Crippen molar-refractivity contribution in [1.29, 1.82) is 0 Å². The number of nitro groups is 1. The fraction of sp³-hybridized carbons (Fsp3) is 0.190. The molecule has 0 aliphatic rings. The maximum Gasteiger partial charge on any atom is 0.270 e. The van der Waals surface area contributed by atoms with Crippen LogP contribution in [-0.4, -0.2) is 20.8 Å². The minimum absolute atomic E-state index is 0.0139. The Balaban J connectivity index is 1.55. The predicted octanol–water partition coefficient (Wildman–Crippen LogP) is 5.51. The van der Waals surface area contributed by atoms with Gasteiger partial charge in [0.05, 0.1) is 16.3 Å². The molecular formula is C21H19N5O3S2. The first kappa shape index (κ1) is 20.9. The summed E-state index contributed by atoms with van der Waals surface area (Å²) in [5, 5.41) is 16.7. The Labute approximate surface area is 185 Å². The van der Waals surface area contributed by atoms with Gasteiger partial charge in [-0.05, 0) is 25.0 Å². The van der Waals surface area contributed by atoms with Crippen LogP contribution in [-0.2, 0) is 6.42 Å². The molecule has 3 heterocycles. The lowest BCUT2D eigenvalue weighted by molar-refractivity contribution is -0.384. The van der Waals surface area contributed by atoms with Crippen LogP contribution in [0, 0.1) is 10.1 Å². The summed E-state index contributed by atoms with van der Waals surface area (Å²) in [6, 6.07) is 10.1. The lowest BCUT2D eigenvalue weighted by Gasteiger charge is -2.00. The van der Waals surface area contributed by atoms with Gasteiger partial charge in [0.2, 0.25) is 0 Å². The number of hydrogen-bond acceptors (Lipinski definition) is 8. The number of hydrogen-bond donors (Lipinski definition) is 2. The number of aromatic nitrogens is 2. The zero-order chi connectivity index (χ0) is 22.0. The average Bonchev–Trinajstić information content (AvgIpc) is 3.36. The third kappa shape index (κ3) is 4.39.